The number of rotatable bonds is 0. The Balaban J connectivity index is 3.35. The standard InChI is InChI=1S/C6H2I3N2/c7-4-1-3(11-10)2-5(8)6(4)9/h1-2H/q+1. The topological polar surface area (TPSA) is 28.1 Å². The van der Waals surface area contributed by atoms with Crippen molar-refractivity contribution in [3.05, 3.63) is 27.8 Å². The van der Waals surface area contributed by atoms with Crippen LogP contribution in [0.15, 0.2) is 12.1 Å². The van der Waals surface area contributed by atoms with Crippen LogP contribution in [0.25, 0.3) is 4.98 Å². The van der Waals surface area contributed by atoms with Crippen LogP contribution in [0.1, 0.15) is 0 Å². The third-order valence-electron chi connectivity index (χ3n) is 1.08. The number of benzene rings is 1. The van der Waals surface area contributed by atoms with Gasteiger partial charge in [-0.2, -0.15) is 0 Å². The van der Waals surface area contributed by atoms with Gasteiger partial charge < -0.3 is 0 Å². The van der Waals surface area contributed by atoms with Crippen LogP contribution >= 0.6 is 67.8 Å². The predicted molar refractivity (Wildman–Crippen MR) is 69.3 cm³/mol. The molecule has 0 aliphatic heterocycles. The van der Waals surface area contributed by atoms with Crippen LogP contribution in [-0.4, -0.2) is 0 Å². The maximum atomic E-state index is 8.49. The van der Waals surface area contributed by atoms with Crippen molar-refractivity contribution in [1.29, 1.82) is 5.39 Å². The molecule has 0 saturated heterocycles. The van der Waals surface area contributed by atoms with E-state index in [1.54, 1.807) is 0 Å². The smallest absolute Gasteiger partial charge is 0.0428 e. The number of halogens is 3. The second-order valence-corrected chi connectivity index (χ2v) is 5.23. The van der Waals surface area contributed by atoms with Gasteiger partial charge in [-0.05, 0) is 67.8 Å². The molecule has 0 unspecified atom stereocenters. The van der Waals surface area contributed by atoms with Crippen molar-refractivity contribution >= 4 is 73.5 Å². The minimum absolute atomic E-state index is 0.610. The fourth-order valence-electron chi connectivity index (χ4n) is 0.600. The SMILES string of the molecule is N#[N+]c1cc(I)c(I)c(I)c1. The summed E-state index contributed by atoms with van der Waals surface area (Å²) in [6.07, 6.45) is 0. The second kappa shape index (κ2) is 4.18. The zero-order chi connectivity index (χ0) is 8.43. The summed E-state index contributed by atoms with van der Waals surface area (Å²) < 4.78 is 3.43. The van der Waals surface area contributed by atoms with E-state index in [2.05, 4.69) is 72.7 Å². The summed E-state index contributed by atoms with van der Waals surface area (Å²) in [7, 11) is 0. The first kappa shape index (κ1) is 9.91. The molecule has 0 aromatic heterocycles. The highest BCUT2D eigenvalue weighted by molar-refractivity contribution is 14.1. The van der Waals surface area contributed by atoms with E-state index in [1.165, 1.54) is 3.57 Å². The molecule has 0 spiro atoms. The molecule has 1 rings (SSSR count). The van der Waals surface area contributed by atoms with Crippen LogP contribution in [0, 0.1) is 16.1 Å². The summed E-state index contributed by atoms with van der Waals surface area (Å²) in [5, 5.41) is 8.49. The van der Waals surface area contributed by atoms with Gasteiger partial charge in [-0.1, -0.05) is 0 Å². The lowest BCUT2D eigenvalue weighted by Gasteiger charge is -1.94. The molecule has 11 heavy (non-hydrogen) atoms. The van der Waals surface area contributed by atoms with Crippen LogP contribution in [0.3, 0.4) is 0 Å². The van der Waals surface area contributed by atoms with E-state index in [1.807, 2.05) is 12.1 Å². The number of hydrogen-bond acceptors (Lipinski definition) is 1. The lowest BCUT2D eigenvalue weighted by molar-refractivity contribution is 1.44. The van der Waals surface area contributed by atoms with Crippen molar-refractivity contribution in [3.8, 4) is 0 Å². The van der Waals surface area contributed by atoms with E-state index in [9.17, 15) is 0 Å². The van der Waals surface area contributed by atoms with Gasteiger partial charge in [0, 0.05) is 22.8 Å². The van der Waals surface area contributed by atoms with Crippen molar-refractivity contribution in [1.82, 2.24) is 0 Å². The summed E-state index contributed by atoms with van der Waals surface area (Å²) in [6, 6.07) is 3.68. The molecule has 2 nitrogen and oxygen atoms in total. The molecule has 0 aliphatic carbocycles. The molecule has 0 saturated carbocycles. The molecule has 0 fully saturated rings. The molecule has 1 aromatic carbocycles. The molecule has 56 valence electrons. The monoisotopic (exact) mass is 483 g/mol. The fraction of sp³-hybridized carbons (Fsp3) is 0. The lowest BCUT2D eigenvalue weighted by Crippen LogP contribution is -1.82. The van der Waals surface area contributed by atoms with E-state index >= 15 is 0 Å². The van der Waals surface area contributed by atoms with E-state index in [4.69, 9.17) is 5.39 Å². The minimum atomic E-state index is 0.610. The van der Waals surface area contributed by atoms with Gasteiger partial charge >= 0.3 is 5.69 Å². The average Bonchev–Trinajstić information content (AvgIpc) is 1.99. The Morgan fingerprint density at radius 3 is 1.91 bits per heavy atom. The Kier molecular flexibility index (Phi) is 3.76. The minimum Gasteiger partial charge on any atom is -0.0428 e. The second-order valence-electron chi connectivity index (χ2n) is 1.82. The molecular weight excluding hydrogens is 481 g/mol. The highest BCUT2D eigenvalue weighted by Crippen LogP contribution is 2.26. The number of nitrogens with zero attached hydrogens (tertiary/aromatic N) is 2. The average molecular weight is 483 g/mol. The molecule has 0 bridgehead atoms. The first-order valence-corrected chi connectivity index (χ1v) is 5.88. The fourth-order valence-corrected chi connectivity index (χ4v) is 2.65. The molecule has 0 aliphatic rings. The number of diazo groups is 1. The van der Waals surface area contributed by atoms with Gasteiger partial charge in [0.05, 0.1) is 0 Å². The van der Waals surface area contributed by atoms with Crippen LogP contribution < -0.4 is 0 Å². The van der Waals surface area contributed by atoms with E-state index in [-0.39, 0.29) is 0 Å². The third-order valence-corrected chi connectivity index (χ3v) is 6.01. The first-order chi connectivity index (χ1) is 5.15. The summed E-state index contributed by atoms with van der Waals surface area (Å²) in [4.78, 5) is 3.12. The predicted octanol–water partition coefficient (Wildman–Crippen LogP) is 3.98. The molecule has 1 aromatic rings. The third kappa shape index (κ3) is 2.38. The maximum Gasteiger partial charge on any atom is 0.387 e. The molecule has 0 atom stereocenters. The Bertz CT molecular complexity index is 306. The maximum absolute atomic E-state index is 8.49. The van der Waals surface area contributed by atoms with Crippen LogP contribution in [0.5, 0.6) is 0 Å². The van der Waals surface area contributed by atoms with Crippen LogP contribution in [0.2, 0.25) is 0 Å². The summed E-state index contributed by atoms with van der Waals surface area (Å²) in [6.45, 7) is 0. The van der Waals surface area contributed by atoms with Crippen molar-refractivity contribution in [2.75, 3.05) is 0 Å². The molecule has 0 radical (unpaired) electrons. The van der Waals surface area contributed by atoms with Crippen molar-refractivity contribution < 1.29 is 0 Å². The molecule has 0 N–H and O–H groups in total. The molecule has 0 amide bonds. The van der Waals surface area contributed by atoms with E-state index < -0.39 is 0 Å². The van der Waals surface area contributed by atoms with Crippen molar-refractivity contribution in [2.24, 2.45) is 0 Å². The Morgan fingerprint density at radius 2 is 1.55 bits per heavy atom. The zero-order valence-electron chi connectivity index (χ0n) is 5.18. The summed E-state index contributed by atoms with van der Waals surface area (Å²) in [5.74, 6) is 0. The van der Waals surface area contributed by atoms with Gasteiger partial charge in [-0.3, -0.25) is 0 Å². The van der Waals surface area contributed by atoms with Gasteiger partial charge in [0.2, 0.25) is 5.39 Å². The van der Waals surface area contributed by atoms with Crippen molar-refractivity contribution in [2.45, 2.75) is 0 Å². The van der Waals surface area contributed by atoms with E-state index in [0.717, 1.165) is 7.14 Å². The quantitative estimate of drug-likeness (QED) is 0.312. The van der Waals surface area contributed by atoms with Gasteiger partial charge in [0.25, 0.3) is 0 Å². The Morgan fingerprint density at radius 1 is 1.09 bits per heavy atom. The van der Waals surface area contributed by atoms with Gasteiger partial charge in [0.15, 0.2) is 4.98 Å². The van der Waals surface area contributed by atoms with Crippen molar-refractivity contribution in [3.63, 3.8) is 0 Å². The summed E-state index contributed by atoms with van der Waals surface area (Å²) >= 11 is 6.69. The molecule has 0 heterocycles. The van der Waals surface area contributed by atoms with E-state index in [0.29, 0.717) is 5.69 Å². The lowest BCUT2D eigenvalue weighted by atomic mass is 10.3. The molecular formula is C6H2I3N2+. The normalized spacial score (nSPS) is 9.27. The zero-order valence-corrected chi connectivity index (χ0v) is 11.7. The van der Waals surface area contributed by atoms with Gasteiger partial charge in [0.1, 0.15) is 0 Å². The highest BCUT2D eigenvalue weighted by atomic mass is 127. The Hall–Kier alpha value is 0.830. The summed E-state index contributed by atoms with van der Waals surface area (Å²) in [5.41, 5.74) is 0.610. The first-order valence-electron chi connectivity index (χ1n) is 2.65. The number of hydrogen-bond donors (Lipinski definition) is 0. The Labute approximate surface area is 105 Å². The largest absolute Gasteiger partial charge is 0.387 e. The van der Waals surface area contributed by atoms with Gasteiger partial charge in [-0.15, -0.1) is 0 Å². The highest BCUT2D eigenvalue weighted by Gasteiger charge is 2.10. The van der Waals surface area contributed by atoms with Crippen LogP contribution in [-0.2, 0) is 0 Å². The molecule has 5 heteroatoms. The van der Waals surface area contributed by atoms with Crippen LogP contribution in [0.4, 0.5) is 5.69 Å². The van der Waals surface area contributed by atoms with Gasteiger partial charge in [-0.25, -0.2) is 0 Å².